The molecule has 1 aliphatic heterocycles. The van der Waals surface area contributed by atoms with E-state index < -0.39 is 0 Å². The molecule has 6 aromatic rings. The largest absolute Gasteiger partial charge is 0.310 e. The first-order chi connectivity index (χ1) is 20.1. The molecule has 0 radical (unpaired) electrons. The average Bonchev–Trinajstić information content (AvgIpc) is 3.25. The zero-order valence-electron chi connectivity index (χ0n) is 23.4. The molecule has 0 saturated heterocycles. The lowest BCUT2D eigenvalue weighted by atomic mass is 9.81. The highest BCUT2D eigenvalue weighted by Crippen LogP contribution is 2.54. The number of benzene rings is 6. The van der Waals surface area contributed by atoms with Crippen molar-refractivity contribution in [2.75, 3.05) is 4.90 Å². The van der Waals surface area contributed by atoms with Gasteiger partial charge in [-0.25, -0.2) is 0 Å². The van der Waals surface area contributed by atoms with Gasteiger partial charge in [-0.2, -0.15) is 0 Å². The molecular weight excluding hydrogens is 494 g/mol. The van der Waals surface area contributed by atoms with Gasteiger partial charge in [-0.3, -0.25) is 0 Å². The Bertz CT molecular complexity index is 1870. The Balaban J connectivity index is 1.39. The van der Waals surface area contributed by atoms with Gasteiger partial charge in [0.15, 0.2) is 0 Å². The SMILES string of the molecule is CC1(C)c2ccccc2-c2cc3c(cc21)N(c1cc(-c2ccccc2)cc(-c2ccccc2)c1)c1ccccc1C3. The summed E-state index contributed by atoms with van der Waals surface area (Å²) >= 11 is 0. The van der Waals surface area contributed by atoms with Crippen LogP contribution in [-0.4, -0.2) is 0 Å². The molecule has 0 aromatic heterocycles. The molecule has 196 valence electrons. The van der Waals surface area contributed by atoms with Gasteiger partial charge in [0.05, 0.1) is 5.69 Å². The molecule has 0 atom stereocenters. The first-order valence-electron chi connectivity index (χ1n) is 14.5. The van der Waals surface area contributed by atoms with Crippen molar-refractivity contribution >= 4 is 17.1 Å². The van der Waals surface area contributed by atoms with Crippen molar-refractivity contribution in [3.63, 3.8) is 0 Å². The van der Waals surface area contributed by atoms with E-state index in [9.17, 15) is 0 Å². The summed E-state index contributed by atoms with van der Waals surface area (Å²) < 4.78 is 0. The van der Waals surface area contributed by atoms with E-state index in [2.05, 4.69) is 158 Å². The zero-order valence-corrected chi connectivity index (χ0v) is 23.4. The van der Waals surface area contributed by atoms with Crippen molar-refractivity contribution in [3.05, 3.63) is 162 Å². The first-order valence-corrected chi connectivity index (χ1v) is 14.5. The zero-order chi connectivity index (χ0) is 27.6. The summed E-state index contributed by atoms with van der Waals surface area (Å²) in [6.07, 6.45) is 0.932. The van der Waals surface area contributed by atoms with Crippen molar-refractivity contribution < 1.29 is 0 Å². The van der Waals surface area contributed by atoms with Crippen LogP contribution in [-0.2, 0) is 11.8 Å². The van der Waals surface area contributed by atoms with E-state index in [0.717, 1.165) is 6.42 Å². The van der Waals surface area contributed by atoms with Crippen LogP contribution in [0.2, 0.25) is 0 Å². The van der Waals surface area contributed by atoms with Crippen LogP contribution in [0, 0.1) is 0 Å². The monoisotopic (exact) mass is 525 g/mol. The summed E-state index contributed by atoms with van der Waals surface area (Å²) in [6, 6.07) is 51.4. The van der Waals surface area contributed by atoms with E-state index in [1.54, 1.807) is 0 Å². The number of hydrogen-bond donors (Lipinski definition) is 0. The first kappa shape index (κ1) is 24.0. The van der Waals surface area contributed by atoms with Gasteiger partial charge < -0.3 is 4.90 Å². The third kappa shape index (κ3) is 3.77. The average molecular weight is 526 g/mol. The molecule has 8 rings (SSSR count). The predicted molar refractivity (Wildman–Crippen MR) is 172 cm³/mol. The number of rotatable bonds is 3. The minimum Gasteiger partial charge on any atom is -0.310 e. The Hall–Kier alpha value is -4.88. The minimum atomic E-state index is -0.0509. The van der Waals surface area contributed by atoms with Crippen LogP contribution in [0.4, 0.5) is 17.1 Å². The highest BCUT2D eigenvalue weighted by Gasteiger charge is 2.37. The van der Waals surface area contributed by atoms with Gasteiger partial charge in [0.2, 0.25) is 0 Å². The Morgan fingerprint density at radius 1 is 0.463 bits per heavy atom. The van der Waals surface area contributed by atoms with Crippen LogP contribution in [0.3, 0.4) is 0 Å². The second-order valence-corrected chi connectivity index (χ2v) is 11.8. The van der Waals surface area contributed by atoms with Gasteiger partial charge in [-0.15, -0.1) is 0 Å². The molecule has 1 nitrogen and oxygen atoms in total. The normalized spacial score (nSPS) is 14.1. The molecule has 41 heavy (non-hydrogen) atoms. The maximum absolute atomic E-state index is 2.51. The maximum Gasteiger partial charge on any atom is 0.0500 e. The fraction of sp³-hybridized carbons (Fsp3) is 0.100. The highest BCUT2D eigenvalue weighted by atomic mass is 15.2. The second kappa shape index (κ2) is 9.08. The molecule has 0 N–H and O–H groups in total. The topological polar surface area (TPSA) is 3.24 Å². The standard InChI is InChI=1S/C40H31N/c1-40(2)36-19-11-10-18-34(36)35-25-32-21-29-17-9-12-20-38(29)41(39(32)26-37(35)40)33-23-30(27-13-5-3-6-14-27)22-31(24-33)28-15-7-4-8-16-28/h3-20,22-26H,21H2,1-2H3. The van der Waals surface area contributed by atoms with Gasteiger partial charge in [0.1, 0.15) is 0 Å². The molecule has 0 fully saturated rings. The van der Waals surface area contributed by atoms with E-state index >= 15 is 0 Å². The molecule has 0 spiro atoms. The Morgan fingerprint density at radius 3 is 1.78 bits per heavy atom. The number of hydrogen-bond acceptors (Lipinski definition) is 1. The van der Waals surface area contributed by atoms with E-state index in [-0.39, 0.29) is 5.41 Å². The Morgan fingerprint density at radius 2 is 1.07 bits per heavy atom. The molecule has 0 saturated carbocycles. The van der Waals surface area contributed by atoms with Crippen molar-refractivity contribution in [2.24, 2.45) is 0 Å². The van der Waals surface area contributed by atoms with Crippen LogP contribution in [0.5, 0.6) is 0 Å². The molecule has 0 amide bonds. The summed E-state index contributed by atoms with van der Waals surface area (Å²) in [5.74, 6) is 0. The van der Waals surface area contributed by atoms with Crippen LogP contribution in [0.25, 0.3) is 33.4 Å². The van der Waals surface area contributed by atoms with Crippen LogP contribution in [0.15, 0.2) is 140 Å². The molecule has 0 bridgehead atoms. The summed E-state index contributed by atoms with van der Waals surface area (Å²) in [5, 5.41) is 0. The highest BCUT2D eigenvalue weighted by molar-refractivity contribution is 5.92. The van der Waals surface area contributed by atoms with E-state index in [4.69, 9.17) is 0 Å². The lowest BCUT2D eigenvalue weighted by Crippen LogP contribution is -2.21. The van der Waals surface area contributed by atoms with E-state index in [0.29, 0.717) is 0 Å². The molecule has 0 unspecified atom stereocenters. The van der Waals surface area contributed by atoms with Crippen molar-refractivity contribution in [3.8, 4) is 33.4 Å². The third-order valence-electron chi connectivity index (χ3n) is 9.03. The lowest BCUT2D eigenvalue weighted by Gasteiger charge is -2.35. The molecule has 1 aliphatic carbocycles. The van der Waals surface area contributed by atoms with Crippen LogP contribution >= 0.6 is 0 Å². The van der Waals surface area contributed by atoms with Crippen LogP contribution in [0.1, 0.15) is 36.1 Å². The number of anilines is 3. The van der Waals surface area contributed by atoms with Gasteiger partial charge in [0, 0.05) is 23.2 Å². The van der Waals surface area contributed by atoms with Gasteiger partial charge in [-0.05, 0) is 92.0 Å². The molecule has 2 aliphatic rings. The number of para-hydroxylation sites is 1. The van der Waals surface area contributed by atoms with E-state index in [1.807, 2.05) is 0 Å². The molecule has 6 aromatic carbocycles. The fourth-order valence-electron chi connectivity index (χ4n) is 6.96. The molecule has 1 heteroatoms. The Labute approximate surface area is 242 Å². The van der Waals surface area contributed by atoms with Gasteiger partial charge in [-0.1, -0.05) is 117 Å². The fourth-order valence-corrected chi connectivity index (χ4v) is 6.96. The van der Waals surface area contributed by atoms with E-state index in [1.165, 1.54) is 72.7 Å². The lowest BCUT2D eigenvalue weighted by molar-refractivity contribution is 0.660. The smallest absolute Gasteiger partial charge is 0.0500 e. The predicted octanol–water partition coefficient (Wildman–Crippen LogP) is 10.7. The summed E-state index contributed by atoms with van der Waals surface area (Å²) in [6.45, 7) is 4.74. The second-order valence-electron chi connectivity index (χ2n) is 11.8. The quantitative estimate of drug-likeness (QED) is 0.222. The number of nitrogens with zero attached hydrogens (tertiary/aromatic N) is 1. The third-order valence-corrected chi connectivity index (χ3v) is 9.03. The summed E-state index contributed by atoms with van der Waals surface area (Å²) in [4.78, 5) is 2.51. The minimum absolute atomic E-state index is 0.0509. The van der Waals surface area contributed by atoms with Gasteiger partial charge >= 0.3 is 0 Å². The van der Waals surface area contributed by atoms with Crippen molar-refractivity contribution in [2.45, 2.75) is 25.7 Å². The van der Waals surface area contributed by atoms with Gasteiger partial charge in [0.25, 0.3) is 0 Å². The number of fused-ring (bicyclic) bond motifs is 5. The Kier molecular flexibility index (Phi) is 5.30. The van der Waals surface area contributed by atoms with Crippen molar-refractivity contribution in [1.29, 1.82) is 0 Å². The summed E-state index contributed by atoms with van der Waals surface area (Å²) in [5.41, 5.74) is 16.9. The van der Waals surface area contributed by atoms with Crippen molar-refractivity contribution in [1.82, 2.24) is 0 Å². The molecular formula is C40H31N. The molecule has 1 heterocycles. The maximum atomic E-state index is 2.51. The van der Waals surface area contributed by atoms with Crippen LogP contribution < -0.4 is 4.90 Å². The summed E-state index contributed by atoms with van der Waals surface area (Å²) in [7, 11) is 0.